The average molecular weight is 243 g/mol. The number of para-hydroxylation sites is 1. The first-order chi connectivity index (χ1) is 8.33. The van der Waals surface area contributed by atoms with E-state index in [4.69, 9.17) is 0 Å². The molecule has 1 amide bonds. The third-order valence-electron chi connectivity index (χ3n) is 2.48. The van der Waals surface area contributed by atoms with Crippen LogP contribution in [-0.4, -0.2) is 11.8 Å². The maximum atomic E-state index is 12.3. The van der Waals surface area contributed by atoms with Crippen molar-refractivity contribution in [1.82, 2.24) is 0 Å². The molecule has 0 N–H and O–H groups in total. The average Bonchev–Trinajstić information content (AvgIpc) is 2.42. The Kier molecular flexibility index (Phi) is 3.83. The Morgan fingerprint density at radius 1 is 0.941 bits per heavy atom. The molecule has 86 valence electrons. The molecule has 0 saturated heterocycles. The molecule has 0 atom stereocenters. The quantitative estimate of drug-likeness (QED) is 0.648. The van der Waals surface area contributed by atoms with Crippen LogP contribution in [0, 0.1) is 0 Å². The highest BCUT2D eigenvalue weighted by Gasteiger charge is 2.15. The lowest BCUT2D eigenvalue weighted by Crippen LogP contribution is -2.29. The number of anilines is 1. The molecule has 0 bridgehead atoms. The summed E-state index contributed by atoms with van der Waals surface area (Å²) in [6.07, 6.45) is 0. The molecule has 0 heterocycles. The predicted molar refractivity (Wildman–Crippen MR) is 73.5 cm³/mol. The van der Waals surface area contributed by atoms with E-state index in [-0.39, 0.29) is 5.91 Å². The topological polar surface area (TPSA) is 20.3 Å². The number of rotatable bonds is 3. The van der Waals surface area contributed by atoms with Gasteiger partial charge in [-0.15, -0.1) is 0 Å². The lowest BCUT2D eigenvalue weighted by Gasteiger charge is -2.20. The number of carbonyl (C=O) groups is 1. The molecule has 2 aromatic carbocycles. The van der Waals surface area contributed by atoms with Gasteiger partial charge in [-0.05, 0) is 24.3 Å². The molecule has 2 aromatic rings. The molecule has 3 heteroatoms. The van der Waals surface area contributed by atoms with Crippen molar-refractivity contribution >= 4 is 24.2 Å². The van der Waals surface area contributed by atoms with Gasteiger partial charge in [-0.3, -0.25) is 9.69 Å². The number of hydrogen-bond acceptors (Lipinski definition) is 2. The normalized spacial score (nSPS) is 9.94. The summed E-state index contributed by atoms with van der Waals surface area (Å²) >= 11 is 4.22. The molecule has 0 fully saturated rings. The van der Waals surface area contributed by atoms with E-state index in [9.17, 15) is 4.79 Å². The minimum absolute atomic E-state index is 0.0354. The highest BCUT2D eigenvalue weighted by molar-refractivity contribution is 7.80. The smallest absolute Gasteiger partial charge is 0.259 e. The van der Waals surface area contributed by atoms with Crippen molar-refractivity contribution in [3.63, 3.8) is 0 Å². The Balaban J connectivity index is 2.29. The van der Waals surface area contributed by atoms with E-state index in [0.717, 1.165) is 5.69 Å². The molecular weight excluding hydrogens is 230 g/mol. The van der Waals surface area contributed by atoms with Gasteiger partial charge in [-0.2, -0.15) is 12.6 Å². The summed E-state index contributed by atoms with van der Waals surface area (Å²) in [7, 11) is 0. The Morgan fingerprint density at radius 3 is 2.00 bits per heavy atom. The monoisotopic (exact) mass is 243 g/mol. The largest absolute Gasteiger partial charge is 0.299 e. The van der Waals surface area contributed by atoms with Gasteiger partial charge < -0.3 is 0 Å². The van der Waals surface area contributed by atoms with E-state index in [1.54, 1.807) is 4.90 Å². The molecule has 17 heavy (non-hydrogen) atoms. The van der Waals surface area contributed by atoms with Crippen LogP contribution in [0.2, 0.25) is 0 Å². The second-order valence-corrected chi connectivity index (χ2v) is 3.86. The van der Waals surface area contributed by atoms with Crippen LogP contribution >= 0.6 is 12.6 Å². The third-order valence-corrected chi connectivity index (χ3v) is 2.76. The Hall–Kier alpha value is -1.74. The summed E-state index contributed by atoms with van der Waals surface area (Å²) in [5.74, 6) is 0.323. The molecule has 0 radical (unpaired) electrons. The molecule has 2 nitrogen and oxygen atoms in total. The second kappa shape index (κ2) is 5.55. The predicted octanol–water partition coefficient (Wildman–Crippen LogP) is 3.22. The van der Waals surface area contributed by atoms with E-state index >= 15 is 0 Å². The molecule has 0 aliphatic rings. The fourth-order valence-electron chi connectivity index (χ4n) is 1.61. The summed E-state index contributed by atoms with van der Waals surface area (Å²) in [6, 6.07) is 18.8. The summed E-state index contributed by atoms with van der Waals surface area (Å²) in [5, 5.41) is 0. The fraction of sp³-hybridized carbons (Fsp3) is 0.0714. The third kappa shape index (κ3) is 2.68. The summed E-state index contributed by atoms with van der Waals surface area (Å²) in [5.41, 5.74) is 1.53. The molecule has 0 aromatic heterocycles. The first kappa shape index (κ1) is 11.7. The van der Waals surface area contributed by atoms with E-state index < -0.39 is 0 Å². The fourth-order valence-corrected chi connectivity index (χ4v) is 1.90. The van der Waals surface area contributed by atoms with Gasteiger partial charge >= 0.3 is 0 Å². The molecule has 0 aliphatic carbocycles. The SMILES string of the molecule is O=C(c1ccccc1)N(CS)c1ccccc1. The maximum Gasteiger partial charge on any atom is 0.259 e. The summed E-state index contributed by atoms with van der Waals surface area (Å²) in [4.78, 5) is 13.9. The minimum atomic E-state index is -0.0354. The number of amides is 1. The summed E-state index contributed by atoms with van der Waals surface area (Å²) in [6.45, 7) is 0. The van der Waals surface area contributed by atoms with E-state index in [1.807, 2.05) is 60.7 Å². The first-order valence-corrected chi connectivity index (χ1v) is 5.99. The van der Waals surface area contributed by atoms with Gasteiger partial charge in [0.2, 0.25) is 0 Å². The van der Waals surface area contributed by atoms with E-state index in [2.05, 4.69) is 12.6 Å². The van der Waals surface area contributed by atoms with Crippen molar-refractivity contribution < 1.29 is 4.79 Å². The molecule has 0 unspecified atom stereocenters. The van der Waals surface area contributed by atoms with Crippen LogP contribution in [0.15, 0.2) is 60.7 Å². The number of nitrogens with zero attached hydrogens (tertiary/aromatic N) is 1. The van der Waals surface area contributed by atoms with E-state index in [0.29, 0.717) is 11.4 Å². The van der Waals surface area contributed by atoms with Crippen molar-refractivity contribution in [2.75, 3.05) is 10.8 Å². The van der Waals surface area contributed by atoms with Crippen molar-refractivity contribution in [1.29, 1.82) is 0 Å². The second-order valence-electron chi connectivity index (χ2n) is 3.58. The summed E-state index contributed by atoms with van der Waals surface area (Å²) < 4.78 is 0. The van der Waals surface area contributed by atoms with Crippen molar-refractivity contribution in [2.45, 2.75) is 0 Å². The zero-order chi connectivity index (χ0) is 12.1. The Morgan fingerprint density at radius 2 is 1.47 bits per heavy atom. The van der Waals surface area contributed by atoms with Crippen LogP contribution in [0.3, 0.4) is 0 Å². The lowest BCUT2D eigenvalue weighted by atomic mass is 10.2. The van der Waals surface area contributed by atoms with Gasteiger partial charge in [-0.1, -0.05) is 36.4 Å². The van der Waals surface area contributed by atoms with Gasteiger partial charge in [0.25, 0.3) is 5.91 Å². The van der Waals surface area contributed by atoms with Gasteiger partial charge in [0.05, 0.1) is 5.88 Å². The first-order valence-electron chi connectivity index (χ1n) is 5.36. The van der Waals surface area contributed by atoms with Crippen LogP contribution in [0.5, 0.6) is 0 Å². The van der Waals surface area contributed by atoms with Crippen LogP contribution in [0.25, 0.3) is 0 Å². The van der Waals surface area contributed by atoms with Crippen LogP contribution in [0.1, 0.15) is 10.4 Å². The standard InChI is InChI=1S/C14H13NOS/c16-14(12-7-3-1-4-8-12)15(11-17)13-9-5-2-6-10-13/h1-10,17H,11H2. The molecule has 0 aliphatic heterocycles. The number of thiol groups is 1. The lowest BCUT2D eigenvalue weighted by molar-refractivity contribution is 0.0991. The van der Waals surface area contributed by atoms with Crippen LogP contribution in [-0.2, 0) is 0 Å². The highest BCUT2D eigenvalue weighted by Crippen LogP contribution is 2.17. The van der Waals surface area contributed by atoms with E-state index in [1.165, 1.54) is 0 Å². The zero-order valence-electron chi connectivity index (χ0n) is 9.28. The molecule has 0 spiro atoms. The Labute approximate surface area is 106 Å². The van der Waals surface area contributed by atoms with Crippen molar-refractivity contribution in [3.8, 4) is 0 Å². The minimum Gasteiger partial charge on any atom is -0.299 e. The Bertz CT molecular complexity index is 484. The van der Waals surface area contributed by atoms with Gasteiger partial charge in [-0.25, -0.2) is 0 Å². The number of benzene rings is 2. The van der Waals surface area contributed by atoms with Crippen LogP contribution < -0.4 is 4.90 Å². The molecular formula is C14H13NOS. The van der Waals surface area contributed by atoms with Crippen molar-refractivity contribution in [2.24, 2.45) is 0 Å². The zero-order valence-corrected chi connectivity index (χ0v) is 10.2. The van der Waals surface area contributed by atoms with Gasteiger partial charge in [0, 0.05) is 11.3 Å². The highest BCUT2D eigenvalue weighted by atomic mass is 32.1. The molecule has 0 saturated carbocycles. The number of carbonyl (C=O) groups excluding carboxylic acids is 1. The van der Waals surface area contributed by atoms with Crippen LogP contribution in [0.4, 0.5) is 5.69 Å². The van der Waals surface area contributed by atoms with Gasteiger partial charge in [0.1, 0.15) is 0 Å². The molecule has 2 rings (SSSR count). The van der Waals surface area contributed by atoms with Gasteiger partial charge in [0.15, 0.2) is 0 Å². The maximum absolute atomic E-state index is 12.3. The van der Waals surface area contributed by atoms with Crippen molar-refractivity contribution in [3.05, 3.63) is 66.2 Å². The number of hydrogen-bond donors (Lipinski definition) is 1.